The van der Waals surface area contributed by atoms with E-state index in [4.69, 9.17) is 4.98 Å². The summed E-state index contributed by atoms with van der Waals surface area (Å²) in [6.45, 7) is 7.06. The molecule has 3 heterocycles. The van der Waals surface area contributed by atoms with E-state index in [-0.39, 0.29) is 5.91 Å². The fraction of sp³-hybridized carbons (Fsp3) is 0.636. The summed E-state index contributed by atoms with van der Waals surface area (Å²) in [5, 5.41) is 0. The second-order valence-corrected chi connectivity index (χ2v) is 10.5. The zero-order valence-electron chi connectivity index (χ0n) is 18.6. The number of carbonyl (C=O) groups is 1. The van der Waals surface area contributed by atoms with Gasteiger partial charge in [0, 0.05) is 45.7 Å². The average molecular weight is 448 g/mol. The molecule has 2 saturated heterocycles. The van der Waals surface area contributed by atoms with Crippen LogP contribution in [-0.2, 0) is 27.9 Å². The molecule has 2 aliphatic rings. The van der Waals surface area contributed by atoms with Gasteiger partial charge in [0.1, 0.15) is 5.82 Å². The van der Waals surface area contributed by atoms with E-state index < -0.39 is 10.0 Å². The number of piperidine rings is 1. The van der Waals surface area contributed by atoms with Crippen molar-refractivity contribution >= 4 is 27.0 Å². The largest absolute Gasteiger partial charge is 0.341 e. The van der Waals surface area contributed by atoms with E-state index in [1.165, 1.54) is 0 Å². The van der Waals surface area contributed by atoms with E-state index in [9.17, 15) is 13.2 Å². The van der Waals surface area contributed by atoms with E-state index in [1.54, 1.807) is 16.4 Å². The van der Waals surface area contributed by atoms with Crippen LogP contribution in [0.25, 0.3) is 11.0 Å². The fourth-order valence-corrected chi connectivity index (χ4v) is 6.14. The second kappa shape index (κ2) is 9.26. The molecule has 2 aromatic rings. The summed E-state index contributed by atoms with van der Waals surface area (Å²) in [5.74, 6) is 1.16. The number of imidazole rings is 1. The number of fused-ring (bicyclic) bond motifs is 1. The van der Waals surface area contributed by atoms with Crippen LogP contribution in [0.2, 0.25) is 0 Å². The Bertz CT molecular complexity index is 1040. The van der Waals surface area contributed by atoms with Crippen molar-refractivity contribution in [3.8, 4) is 0 Å². The predicted octanol–water partition coefficient (Wildman–Crippen LogP) is 2.29. The average Bonchev–Trinajstić information content (AvgIpc) is 3.34. The highest BCUT2D eigenvalue weighted by atomic mass is 32.2. The van der Waals surface area contributed by atoms with Crippen molar-refractivity contribution in [2.24, 2.45) is 0 Å². The van der Waals surface area contributed by atoms with Crippen molar-refractivity contribution < 1.29 is 13.2 Å². The summed E-state index contributed by atoms with van der Waals surface area (Å²) < 4.78 is 29.9. The lowest BCUT2D eigenvalue weighted by Gasteiger charge is -2.25. The SMILES string of the molecule is CCn1c(CN(C)CCN2CCCC2=O)nc2cc(S(=O)(=O)N3CCCCC3)ccc21. The van der Waals surface area contributed by atoms with Crippen LogP contribution in [0.5, 0.6) is 0 Å². The highest BCUT2D eigenvalue weighted by molar-refractivity contribution is 7.89. The van der Waals surface area contributed by atoms with Gasteiger partial charge in [-0.3, -0.25) is 9.69 Å². The Morgan fingerprint density at radius 3 is 2.55 bits per heavy atom. The van der Waals surface area contributed by atoms with Crippen molar-refractivity contribution in [3.63, 3.8) is 0 Å². The fourth-order valence-electron chi connectivity index (χ4n) is 4.60. The normalized spacial score (nSPS) is 18.5. The van der Waals surface area contributed by atoms with Crippen LogP contribution < -0.4 is 0 Å². The van der Waals surface area contributed by atoms with Crippen LogP contribution in [0, 0.1) is 0 Å². The van der Waals surface area contributed by atoms with Gasteiger partial charge in [-0.1, -0.05) is 6.42 Å². The number of aryl methyl sites for hydroxylation is 1. The topological polar surface area (TPSA) is 78.8 Å². The van der Waals surface area contributed by atoms with Gasteiger partial charge >= 0.3 is 0 Å². The molecule has 2 fully saturated rings. The van der Waals surface area contributed by atoms with Gasteiger partial charge in [-0.05, 0) is 51.4 Å². The number of hydrogen-bond acceptors (Lipinski definition) is 5. The smallest absolute Gasteiger partial charge is 0.243 e. The van der Waals surface area contributed by atoms with Gasteiger partial charge in [-0.2, -0.15) is 4.31 Å². The third-order valence-electron chi connectivity index (χ3n) is 6.40. The highest BCUT2D eigenvalue weighted by Crippen LogP contribution is 2.25. The van der Waals surface area contributed by atoms with Gasteiger partial charge in [0.25, 0.3) is 0 Å². The molecule has 1 amide bonds. The summed E-state index contributed by atoms with van der Waals surface area (Å²) in [6.07, 6.45) is 4.56. The van der Waals surface area contributed by atoms with Gasteiger partial charge < -0.3 is 9.47 Å². The standard InChI is InChI=1S/C22H33N5O3S/c1-3-27-20-10-9-18(31(29,30)26-12-5-4-6-13-26)16-19(20)23-21(27)17-24(2)14-15-25-11-7-8-22(25)28/h9-10,16H,3-8,11-15,17H2,1-2H3. The number of carbonyl (C=O) groups excluding carboxylic acids is 1. The molecular formula is C22H33N5O3S. The summed E-state index contributed by atoms with van der Waals surface area (Å²) in [6, 6.07) is 5.32. The van der Waals surface area contributed by atoms with Crippen LogP contribution in [-0.4, -0.2) is 77.8 Å². The minimum absolute atomic E-state index is 0.247. The molecule has 9 heteroatoms. The first-order valence-corrected chi connectivity index (χ1v) is 12.8. The summed E-state index contributed by atoms with van der Waals surface area (Å²) in [4.78, 5) is 21.1. The lowest BCUT2D eigenvalue weighted by molar-refractivity contribution is -0.127. The molecule has 0 unspecified atom stereocenters. The maximum Gasteiger partial charge on any atom is 0.243 e. The van der Waals surface area contributed by atoms with E-state index in [1.807, 2.05) is 18.0 Å². The van der Waals surface area contributed by atoms with Gasteiger partial charge in [0.05, 0.1) is 22.5 Å². The Kier molecular flexibility index (Phi) is 6.64. The number of hydrogen-bond donors (Lipinski definition) is 0. The zero-order valence-corrected chi connectivity index (χ0v) is 19.4. The van der Waals surface area contributed by atoms with Crippen LogP contribution in [0.1, 0.15) is 44.9 Å². The van der Waals surface area contributed by atoms with Crippen molar-refractivity contribution in [1.29, 1.82) is 0 Å². The second-order valence-electron chi connectivity index (χ2n) is 8.61. The highest BCUT2D eigenvalue weighted by Gasteiger charge is 2.27. The van der Waals surface area contributed by atoms with E-state index >= 15 is 0 Å². The number of nitrogens with zero attached hydrogens (tertiary/aromatic N) is 5. The van der Waals surface area contributed by atoms with Crippen molar-refractivity contribution in [2.45, 2.75) is 57.0 Å². The number of amides is 1. The first-order valence-electron chi connectivity index (χ1n) is 11.4. The number of sulfonamides is 1. The summed E-state index contributed by atoms with van der Waals surface area (Å²) >= 11 is 0. The first kappa shape index (κ1) is 22.2. The maximum atomic E-state index is 13.1. The molecule has 0 aliphatic carbocycles. The van der Waals surface area contributed by atoms with E-state index in [0.29, 0.717) is 31.0 Å². The summed E-state index contributed by atoms with van der Waals surface area (Å²) in [5.41, 5.74) is 1.68. The maximum absolute atomic E-state index is 13.1. The molecule has 0 N–H and O–H groups in total. The Labute approximate surface area is 184 Å². The van der Waals surface area contributed by atoms with Crippen LogP contribution in [0.15, 0.2) is 23.1 Å². The molecule has 8 nitrogen and oxygen atoms in total. The molecule has 4 rings (SSSR count). The third-order valence-corrected chi connectivity index (χ3v) is 8.30. The molecule has 1 aromatic carbocycles. The van der Waals surface area contributed by atoms with E-state index in [2.05, 4.69) is 16.4 Å². The quantitative estimate of drug-likeness (QED) is 0.620. The van der Waals surface area contributed by atoms with Crippen molar-refractivity contribution in [3.05, 3.63) is 24.0 Å². The van der Waals surface area contributed by atoms with Crippen LogP contribution in [0.3, 0.4) is 0 Å². The monoisotopic (exact) mass is 447 g/mol. The molecule has 0 bridgehead atoms. The van der Waals surface area contributed by atoms with Gasteiger partial charge in [0.15, 0.2) is 0 Å². The molecule has 1 aromatic heterocycles. The molecule has 0 radical (unpaired) electrons. The lowest BCUT2D eigenvalue weighted by Crippen LogP contribution is -2.35. The minimum Gasteiger partial charge on any atom is -0.341 e. The number of likely N-dealkylation sites (tertiary alicyclic amines) is 1. The van der Waals surface area contributed by atoms with Crippen molar-refractivity contribution in [1.82, 2.24) is 23.7 Å². The third kappa shape index (κ3) is 4.63. The van der Waals surface area contributed by atoms with Crippen molar-refractivity contribution in [2.75, 3.05) is 39.8 Å². The zero-order chi connectivity index (χ0) is 22.0. The molecule has 31 heavy (non-hydrogen) atoms. The summed E-state index contributed by atoms with van der Waals surface area (Å²) in [7, 11) is -1.44. The molecule has 0 spiro atoms. The Morgan fingerprint density at radius 1 is 1.10 bits per heavy atom. The first-order chi connectivity index (χ1) is 14.9. The Hall–Kier alpha value is -1.97. The molecular weight excluding hydrogens is 414 g/mol. The Morgan fingerprint density at radius 2 is 1.87 bits per heavy atom. The number of likely N-dealkylation sites (N-methyl/N-ethyl adjacent to an activating group) is 1. The van der Waals surface area contributed by atoms with Gasteiger partial charge in [0.2, 0.25) is 15.9 Å². The van der Waals surface area contributed by atoms with E-state index in [0.717, 1.165) is 68.7 Å². The predicted molar refractivity (Wildman–Crippen MR) is 120 cm³/mol. The minimum atomic E-state index is -3.47. The number of benzene rings is 1. The molecule has 170 valence electrons. The molecule has 0 saturated carbocycles. The van der Waals surface area contributed by atoms with Crippen LogP contribution in [0.4, 0.5) is 0 Å². The van der Waals surface area contributed by atoms with Gasteiger partial charge in [-0.25, -0.2) is 13.4 Å². The lowest BCUT2D eigenvalue weighted by atomic mass is 10.2. The Balaban J connectivity index is 1.52. The van der Waals surface area contributed by atoms with Gasteiger partial charge in [-0.15, -0.1) is 0 Å². The number of aromatic nitrogens is 2. The number of rotatable bonds is 8. The van der Waals surface area contributed by atoms with Crippen LogP contribution >= 0.6 is 0 Å². The molecule has 0 atom stereocenters. The molecule has 2 aliphatic heterocycles.